The summed E-state index contributed by atoms with van der Waals surface area (Å²) in [6, 6.07) is 1.26. The summed E-state index contributed by atoms with van der Waals surface area (Å²) in [7, 11) is 0. The van der Waals surface area contributed by atoms with E-state index in [1.54, 1.807) is 0 Å². The van der Waals surface area contributed by atoms with E-state index in [0.29, 0.717) is 24.4 Å². The lowest BCUT2D eigenvalue weighted by molar-refractivity contribution is -0.0742. The van der Waals surface area contributed by atoms with Crippen LogP contribution in [0, 0.1) is 5.41 Å². The normalized spacial score (nSPS) is 39.6. The lowest BCUT2D eigenvalue weighted by Gasteiger charge is -2.60. The first kappa shape index (κ1) is 18.9. The van der Waals surface area contributed by atoms with Gasteiger partial charge in [-0.15, -0.1) is 0 Å². The van der Waals surface area contributed by atoms with Crippen LogP contribution in [0.5, 0.6) is 0 Å². The number of nitrogens with zero attached hydrogens (tertiary/aromatic N) is 2. The van der Waals surface area contributed by atoms with E-state index in [1.165, 1.54) is 57.8 Å². The molecule has 2 aliphatic heterocycles. The maximum Gasteiger partial charge on any atom is 0.103 e. The van der Waals surface area contributed by atoms with Gasteiger partial charge < -0.3 is 0 Å². The van der Waals surface area contributed by atoms with Crippen LogP contribution in [0.15, 0.2) is 4.99 Å². The molecule has 6 atom stereocenters. The molecule has 134 valence electrons. The standard InChI is InChI=1S/C20H39N3/c1-6-11-16-20(10-5)15-21-18(13-8-3)23(17(20)12-7-2)19(22-16)14-9-4/h15-19,22H,6-14H2,1-5H3. The minimum Gasteiger partial charge on any atom is -0.298 e. The Kier molecular flexibility index (Phi) is 7.09. The Morgan fingerprint density at radius 1 is 0.913 bits per heavy atom. The van der Waals surface area contributed by atoms with E-state index >= 15 is 0 Å². The minimum absolute atomic E-state index is 0.237. The zero-order valence-corrected chi connectivity index (χ0v) is 16.1. The van der Waals surface area contributed by atoms with Crippen molar-refractivity contribution in [1.82, 2.24) is 10.2 Å². The van der Waals surface area contributed by atoms with Crippen LogP contribution in [0.25, 0.3) is 0 Å². The van der Waals surface area contributed by atoms with Gasteiger partial charge in [0.25, 0.3) is 0 Å². The van der Waals surface area contributed by atoms with E-state index in [4.69, 9.17) is 4.99 Å². The Hall–Kier alpha value is -0.410. The van der Waals surface area contributed by atoms with Crippen LogP contribution in [0.4, 0.5) is 0 Å². The number of hydrogen-bond acceptors (Lipinski definition) is 3. The molecule has 0 aromatic heterocycles. The summed E-state index contributed by atoms with van der Waals surface area (Å²) in [5.74, 6) is 0. The van der Waals surface area contributed by atoms with E-state index in [0.717, 1.165) is 0 Å². The second-order valence-electron chi connectivity index (χ2n) is 7.58. The molecular weight excluding hydrogens is 282 g/mol. The first-order chi connectivity index (χ1) is 11.2. The van der Waals surface area contributed by atoms with Crippen LogP contribution < -0.4 is 5.32 Å². The molecule has 0 aliphatic carbocycles. The molecule has 2 bridgehead atoms. The summed E-state index contributed by atoms with van der Waals surface area (Å²) in [5.41, 5.74) is 0.237. The van der Waals surface area contributed by atoms with Gasteiger partial charge in [0.1, 0.15) is 6.17 Å². The highest BCUT2D eigenvalue weighted by atomic mass is 15.4. The topological polar surface area (TPSA) is 27.6 Å². The van der Waals surface area contributed by atoms with E-state index in [-0.39, 0.29) is 5.41 Å². The minimum atomic E-state index is 0.237. The van der Waals surface area contributed by atoms with Gasteiger partial charge in [-0.05, 0) is 32.1 Å². The molecule has 6 unspecified atom stereocenters. The fourth-order valence-corrected chi connectivity index (χ4v) is 4.99. The van der Waals surface area contributed by atoms with Gasteiger partial charge in [-0.3, -0.25) is 15.2 Å². The van der Waals surface area contributed by atoms with Gasteiger partial charge in [-0.1, -0.05) is 60.3 Å². The number of hydrogen-bond donors (Lipinski definition) is 1. The number of rotatable bonds is 9. The van der Waals surface area contributed by atoms with Crippen molar-refractivity contribution < 1.29 is 0 Å². The van der Waals surface area contributed by atoms with Gasteiger partial charge in [0.05, 0.1) is 6.17 Å². The van der Waals surface area contributed by atoms with Gasteiger partial charge in [-0.2, -0.15) is 0 Å². The fourth-order valence-electron chi connectivity index (χ4n) is 4.99. The molecule has 23 heavy (non-hydrogen) atoms. The molecule has 3 nitrogen and oxygen atoms in total. The van der Waals surface area contributed by atoms with E-state index < -0.39 is 0 Å². The van der Waals surface area contributed by atoms with Gasteiger partial charge in [0.15, 0.2) is 0 Å². The molecule has 1 N–H and O–H groups in total. The lowest BCUT2D eigenvalue weighted by atomic mass is 9.66. The second kappa shape index (κ2) is 8.62. The van der Waals surface area contributed by atoms with Crippen LogP contribution in [0.1, 0.15) is 92.4 Å². The smallest absolute Gasteiger partial charge is 0.103 e. The first-order valence-corrected chi connectivity index (χ1v) is 10.3. The zero-order chi connectivity index (χ0) is 16.9. The van der Waals surface area contributed by atoms with Crippen LogP contribution >= 0.6 is 0 Å². The van der Waals surface area contributed by atoms with E-state index in [9.17, 15) is 0 Å². The highest BCUT2D eigenvalue weighted by molar-refractivity contribution is 5.70. The third-order valence-electron chi connectivity index (χ3n) is 6.07. The van der Waals surface area contributed by atoms with Crippen LogP contribution in [-0.2, 0) is 0 Å². The van der Waals surface area contributed by atoms with Gasteiger partial charge >= 0.3 is 0 Å². The third-order valence-corrected chi connectivity index (χ3v) is 6.07. The average Bonchev–Trinajstić information content (AvgIpc) is 2.54. The van der Waals surface area contributed by atoms with Crippen LogP contribution in [0.2, 0.25) is 0 Å². The molecule has 0 spiro atoms. The predicted octanol–water partition coefficient (Wildman–Crippen LogP) is 4.96. The Bertz CT molecular complexity index is 381. The van der Waals surface area contributed by atoms with Crippen molar-refractivity contribution in [3.8, 4) is 0 Å². The van der Waals surface area contributed by atoms with E-state index in [2.05, 4.69) is 51.0 Å². The molecule has 1 fully saturated rings. The van der Waals surface area contributed by atoms with Crippen molar-refractivity contribution in [2.45, 2.75) is 117 Å². The quantitative estimate of drug-likeness (QED) is 0.650. The zero-order valence-electron chi connectivity index (χ0n) is 16.1. The first-order valence-electron chi connectivity index (χ1n) is 10.3. The molecule has 0 amide bonds. The van der Waals surface area contributed by atoms with Crippen molar-refractivity contribution in [3.63, 3.8) is 0 Å². The van der Waals surface area contributed by atoms with Crippen molar-refractivity contribution in [2.24, 2.45) is 10.4 Å². The predicted molar refractivity (Wildman–Crippen MR) is 101 cm³/mol. The molecule has 3 heteroatoms. The number of nitrogens with one attached hydrogen (secondary N) is 1. The van der Waals surface area contributed by atoms with Crippen molar-refractivity contribution in [3.05, 3.63) is 0 Å². The summed E-state index contributed by atoms with van der Waals surface area (Å²) in [6.07, 6.45) is 14.5. The monoisotopic (exact) mass is 321 g/mol. The highest BCUT2D eigenvalue weighted by Crippen LogP contribution is 2.45. The second-order valence-corrected chi connectivity index (χ2v) is 7.58. The Morgan fingerprint density at radius 3 is 2.13 bits per heavy atom. The summed E-state index contributed by atoms with van der Waals surface area (Å²) >= 11 is 0. The molecule has 2 rings (SSSR count). The van der Waals surface area contributed by atoms with E-state index in [1.807, 2.05) is 0 Å². The largest absolute Gasteiger partial charge is 0.298 e. The molecule has 2 heterocycles. The summed E-state index contributed by atoms with van der Waals surface area (Å²) in [4.78, 5) is 7.89. The van der Waals surface area contributed by atoms with Crippen LogP contribution in [-0.4, -0.2) is 35.5 Å². The van der Waals surface area contributed by atoms with Gasteiger partial charge in [0.2, 0.25) is 0 Å². The average molecular weight is 322 g/mol. The summed E-state index contributed by atoms with van der Waals surface area (Å²) < 4.78 is 0. The molecule has 0 saturated carbocycles. The van der Waals surface area contributed by atoms with Crippen LogP contribution in [0.3, 0.4) is 0 Å². The maximum atomic E-state index is 5.11. The molecule has 0 aromatic rings. The third kappa shape index (κ3) is 3.51. The Morgan fingerprint density at radius 2 is 1.57 bits per heavy atom. The Balaban J connectivity index is 2.43. The molecule has 0 aromatic carbocycles. The van der Waals surface area contributed by atoms with Gasteiger partial charge in [0, 0.05) is 23.7 Å². The SMILES string of the molecule is CCCC1N=CC2(CC)C(CCC)NC(CCC)N1C2CCC. The molecule has 1 saturated heterocycles. The summed E-state index contributed by atoms with van der Waals surface area (Å²) in [6.45, 7) is 11.6. The van der Waals surface area contributed by atoms with Crippen molar-refractivity contribution >= 4 is 6.21 Å². The highest BCUT2D eigenvalue weighted by Gasteiger charge is 2.54. The van der Waals surface area contributed by atoms with Crippen molar-refractivity contribution in [2.75, 3.05) is 0 Å². The van der Waals surface area contributed by atoms with Gasteiger partial charge in [-0.25, -0.2) is 0 Å². The Labute approximate surface area is 144 Å². The lowest BCUT2D eigenvalue weighted by Crippen LogP contribution is -2.74. The summed E-state index contributed by atoms with van der Waals surface area (Å²) in [5, 5.41) is 4.06. The molecular formula is C20H39N3. The fraction of sp³-hybridized carbons (Fsp3) is 0.950. The number of aliphatic imine (C=N–C) groups is 1. The number of fused-ring (bicyclic) bond motifs is 2. The molecule has 2 aliphatic rings. The molecule has 0 radical (unpaired) electrons. The van der Waals surface area contributed by atoms with Crippen molar-refractivity contribution in [1.29, 1.82) is 0 Å². The maximum absolute atomic E-state index is 5.11.